The lowest BCUT2D eigenvalue weighted by Crippen LogP contribution is -2.45. The summed E-state index contributed by atoms with van der Waals surface area (Å²) in [5.74, 6) is 1.28. The van der Waals surface area contributed by atoms with Gasteiger partial charge in [-0.25, -0.2) is 4.39 Å². The molecule has 4 heteroatoms. The maximum absolute atomic E-state index is 12.9. The van der Waals surface area contributed by atoms with E-state index in [0.29, 0.717) is 13.1 Å². The fourth-order valence-electron chi connectivity index (χ4n) is 2.42. The molecule has 0 unspecified atom stereocenters. The molecule has 0 atom stereocenters. The molecule has 20 heavy (non-hydrogen) atoms. The summed E-state index contributed by atoms with van der Waals surface area (Å²) >= 11 is 0. The van der Waals surface area contributed by atoms with Crippen molar-refractivity contribution in [1.29, 1.82) is 0 Å². The van der Waals surface area contributed by atoms with Crippen LogP contribution in [0.15, 0.2) is 40.8 Å². The smallest absolute Gasteiger partial charge is 0.134 e. The first-order chi connectivity index (χ1) is 9.65. The highest BCUT2D eigenvalue weighted by Crippen LogP contribution is 2.30. The number of benzene rings is 1. The van der Waals surface area contributed by atoms with Gasteiger partial charge in [0.1, 0.15) is 17.3 Å². The molecule has 1 heterocycles. The quantitative estimate of drug-likeness (QED) is 0.881. The minimum Gasteiger partial charge on any atom is -0.460 e. The molecule has 2 aromatic rings. The van der Waals surface area contributed by atoms with Gasteiger partial charge < -0.3 is 14.8 Å². The van der Waals surface area contributed by atoms with Crippen molar-refractivity contribution < 1.29 is 13.9 Å². The van der Waals surface area contributed by atoms with Crippen LogP contribution in [0.1, 0.15) is 25.0 Å². The largest absolute Gasteiger partial charge is 0.460 e. The summed E-state index contributed by atoms with van der Waals surface area (Å²) in [4.78, 5) is 0. The molecule has 1 aromatic heterocycles. The van der Waals surface area contributed by atoms with E-state index in [0.717, 1.165) is 36.3 Å². The number of furan rings is 1. The summed E-state index contributed by atoms with van der Waals surface area (Å²) in [6, 6.07) is 10.0. The molecule has 1 aromatic carbocycles. The number of rotatable bonds is 5. The first-order valence-electron chi connectivity index (χ1n) is 6.92. The van der Waals surface area contributed by atoms with Gasteiger partial charge in [0.2, 0.25) is 0 Å². The molecule has 2 N–H and O–H groups in total. The second-order valence-corrected chi connectivity index (χ2v) is 5.45. The second kappa shape index (κ2) is 5.38. The van der Waals surface area contributed by atoms with Gasteiger partial charge in [0.05, 0.1) is 12.1 Å². The van der Waals surface area contributed by atoms with Gasteiger partial charge in [-0.15, -0.1) is 0 Å². The summed E-state index contributed by atoms with van der Waals surface area (Å²) in [6.07, 6.45) is 2.85. The highest BCUT2D eigenvalue weighted by molar-refractivity contribution is 5.57. The Labute approximate surface area is 117 Å². The van der Waals surface area contributed by atoms with Gasteiger partial charge in [0.25, 0.3) is 0 Å². The fourth-order valence-corrected chi connectivity index (χ4v) is 2.42. The van der Waals surface area contributed by atoms with Crippen molar-refractivity contribution >= 4 is 0 Å². The molecule has 1 saturated carbocycles. The summed E-state index contributed by atoms with van der Waals surface area (Å²) in [5.41, 5.74) is 0.335. The van der Waals surface area contributed by atoms with E-state index < -0.39 is 5.60 Å². The molecule has 1 aliphatic carbocycles. The van der Waals surface area contributed by atoms with E-state index >= 15 is 0 Å². The predicted octanol–water partition coefficient (Wildman–Crippen LogP) is 3.09. The van der Waals surface area contributed by atoms with Crippen LogP contribution in [0, 0.1) is 5.82 Å². The van der Waals surface area contributed by atoms with Gasteiger partial charge >= 0.3 is 0 Å². The van der Waals surface area contributed by atoms with Crippen molar-refractivity contribution in [1.82, 2.24) is 5.32 Å². The minimum absolute atomic E-state index is 0.254. The lowest BCUT2D eigenvalue weighted by Gasteiger charge is -2.36. The number of hydrogen-bond acceptors (Lipinski definition) is 3. The maximum Gasteiger partial charge on any atom is 0.134 e. The molecule has 0 aliphatic heterocycles. The monoisotopic (exact) mass is 275 g/mol. The highest BCUT2D eigenvalue weighted by Gasteiger charge is 2.33. The van der Waals surface area contributed by atoms with Crippen LogP contribution < -0.4 is 5.32 Å². The molecule has 3 rings (SSSR count). The summed E-state index contributed by atoms with van der Waals surface area (Å²) in [6.45, 7) is 1.18. The third-order valence-electron chi connectivity index (χ3n) is 3.83. The van der Waals surface area contributed by atoms with Crippen LogP contribution >= 0.6 is 0 Å². The predicted molar refractivity (Wildman–Crippen MR) is 74.6 cm³/mol. The topological polar surface area (TPSA) is 45.4 Å². The van der Waals surface area contributed by atoms with E-state index in [9.17, 15) is 9.50 Å². The van der Waals surface area contributed by atoms with Crippen molar-refractivity contribution in [2.45, 2.75) is 31.4 Å². The Kier molecular flexibility index (Phi) is 3.59. The Morgan fingerprint density at radius 2 is 1.90 bits per heavy atom. The molecule has 0 radical (unpaired) electrons. The molecule has 0 saturated heterocycles. The summed E-state index contributed by atoms with van der Waals surface area (Å²) in [7, 11) is 0. The Balaban J connectivity index is 1.57. The van der Waals surface area contributed by atoms with Crippen molar-refractivity contribution in [2.75, 3.05) is 6.54 Å². The second-order valence-electron chi connectivity index (χ2n) is 5.45. The van der Waals surface area contributed by atoms with Gasteiger partial charge in [-0.1, -0.05) is 0 Å². The SMILES string of the molecule is OC1(CNCc2ccc(-c3ccc(F)cc3)o2)CCC1. The van der Waals surface area contributed by atoms with Crippen LogP contribution in [0.2, 0.25) is 0 Å². The maximum atomic E-state index is 12.9. The Morgan fingerprint density at radius 1 is 1.15 bits per heavy atom. The van der Waals surface area contributed by atoms with E-state index in [1.165, 1.54) is 12.1 Å². The van der Waals surface area contributed by atoms with Crippen molar-refractivity contribution in [3.63, 3.8) is 0 Å². The average molecular weight is 275 g/mol. The summed E-state index contributed by atoms with van der Waals surface area (Å²) in [5, 5.41) is 13.2. The molecule has 1 fully saturated rings. The third kappa shape index (κ3) is 2.92. The normalized spacial score (nSPS) is 16.9. The molecule has 106 valence electrons. The van der Waals surface area contributed by atoms with Gasteiger partial charge in [-0.05, 0) is 55.7 Å². The van der Waals surface area contributed by atoms with E-state index in [2.05, 4.69) is 5.32 Å². The van der Waals surface area contributed by atoms with Crippen LogP contribution in [-0.4, -0.2) is 17.3 Å². The van der Waals surface area contributed by atoms with E-state index in [1.54, 1.807) is 12.1 Å². The Bertz CT molecular complexity index is 572. The molecule has 1 aliphatic rings. The van der Waals surface area contributed by atoms with Crippen LogP contribution in [0.3, 0.4) is 0 Å². The van der Waals surface area contributed by atoms with Crippen molar-refractivity contribution in [3.8, 4) is 11.3 Å². The lowest BCUT2D eigenvalue weighted by molar-refractivity contribution is -0.0317. The first-order valence-corrected chi connectivity index (χ1v) is 6.92. The molecule has 0 amide bonds. The number of halogens is 1. The molecule has 0 spiro atoms. The molecular formula is C16H18FNO2. The van der Waals surface area contributed by atoms with E-state index in [4.69, 9.17) is 4.42 Å². The van der Waals surface area contributed by atoms with E-state index in [1.807, 2.05) is 12.1 Å². The first kappa shape index (κ1) is 13.3. The summed E-state index contributed by atoms with van der Waals surface area (Å²) < 4.78 is 18.6. The lowest BCUT2D eigenvalue weighted by atomic mass is 9.80. The van der Waals surface area contributed by atoms with Gasteiger partial charge in [-0.2, -0.15) is 0 Å². The van der Waals surface area contributed by atoms with Crippen LogP contribution in [0.5, 0.6) is 0 Å². The zero-order chi connectivity index (χ0) is 14.0. The van der Waals surface area contributed by atoms with Crippen molar-refractivity contribution in [3.05, 3.63) is 48.0 Å². The van der Waals surface area contributed by atoms with Gasteiger partial charge in [0.15, 0.2) is 0 Å². The van der Waals surface area contributed by atoms with E-state index in [-0.39, 0.29) is 5.82 Å². The number of aliphatic hydroxyl groups is 1. The number of hydrogen-bond donors (Lipinski definition) is 2. The molecule has 0 bridgehead atoms. The number of nitrogens with one attached hydrogen (secondary N) is 1. The zero-order valence-electron chi connectivity index (χ0n) is 11.2. The Hall–Kier alpha value is -1.65. The fraction of sp³-hybridized carbons (Fsp3) is 0.375. The Morgan fingerprint density at radius 3 is 2.55 bits per heavy atom. The standard InChI is InChI=1S/C16H18FNO2/c17-13-4-2-12(3-5-13)15-7-6-14(20-15)10-18-11-16(19)8-1-9-16/h2-7,18-19H,1,8-11H2. The zero-order valence-corrected chi connectivity index (χ0v) is 11.2. The van der Waals surface area contributed by atoms with Crippen LogP contribution in [-0.2, 0) is 6.54 Å². The average Bonchev–Trinajstić information content (AvgIpc) is 2.86. The van der Waals surface area contributed by atoms with Gasteiger partial charge in [-0.3, -0.25) is 0 Å². The van der Waals surface area contributed by atoms with Crippen molar-refractivity contribution in [2.24, 2.45) is 0 Å². The molecular weight excluding hydrogens is 257 g/mol. The highest BCUT2D eigenvalue weighted by atomic mass is 19.1. The minimum atomic E-state index is -0.521. The molecule has 3 nitrogen and oxygen atoms in total. The third-order valence-corrected chi connectivity index (χ3v) is 3.83. The van der Waals surface area contributed by atoms with Crippen LogP contribution in [0.4, 0.5) is 4.39 Å². The van der Waals surface area contributed by atoms with Crippen LogP contribution in [0.25, 0.3) is 11.3 Å². The van der Waals surface area contributed by atoms with Gasteiger partial charge in [0, 0.05) is 12.1 Å².